The van der Waals surface area contributed by atoms with Gasteiger partial charge in [-0.3, -0.25) is 4.79 Å². The van der Waals surface area contributed by atoms with E-state index in [1.54, 1.807) is 5.32 Å². The second-order valence-corrected chi connectivity index (χ2v) is 2.69. The number of halogens is 5. The van der Waals surface area contributed by atoms with E-state index >= 15 is 0 Å². The van der Waals surface area contributed by atoms with E-state index in [9.17, 15) is 26.7 Å². The first-order valence-corrected chi connectivity index (χ1v) is 3.83. The van der Waals surface area contributed by atoms with Crippen molar-refractivity contribution in [3.8, 4) is 0 Å². The van der Waals surface area contributed by atoms with Gasteiger partial charge in [-0.2, -0.15) is 0 Å². The van der Waals surface area contributed by atoms with E-state index in [2.05, 4.69) is 0 Å². The van der Waals surface area contributed by atoms with Crippen LogP contribution in [0.2, 0.25) is 0 Å². The van der Waals surface area contributed by atoms with Crippen molar-refractivity contribution in [2.24, 2.45) is 0 Å². The molecule has 0 unspecified atom stereocenters. The number of carboxylic acid groups (broad SMARTS) is 1. The number of nitrogens with one attached hydrogen (secondary N) is 1. The summed E-state index contributed by atoms with van der Waals surface area (Å²) in [4.78, 5) is 10.1. The second kappa shape index (κ2) is 4.33. The lowest BCUT2D eigenvalue weighted by molar-refractivity contribution is -0.134. The molecule has 1 aromatic carbocycles. The molecule has 8 heteroatoms. The normalized spacial score (nSPS) is 10.3. The van der Waals surface area contributed by atoms with Gasteiger partial charge in [-0.25, -0.2) is 22.0 Å². The third kappa shape index (κ3) is 2.05. The summed E-state index contributed by atoms with van der Waals surface area (Å²) in [5.74, 6) is -12.3. The van der Waals surface area contributed by atoms with Crippen molar-refractivity contribution in [2.75, 3.05) is 11.9 Å². The van der Waals surface area contributed by atoms with E-state index in [4.69, 9.17) is 5.11 Å². The van der Waals surface area contributed by atoms with Crippen LogP contribution in [0.5, 0.6) is 0 Å². The topological polar surface area (TPSA) is 49.3 Å². The lowest BCUT2D eigenvalue weighted by atomic mass is 10.2. The summed E-state index contributed by atoms with van der Waals surface area (Å²) < 4.78 is 63.4. The summed E-state index contributed by atoms with van der Waals surface area (Å²) in [5, 5.41) is 9.77. The molecule has 0 aliphatic heterocycles. The number of hydrogen-bond donors (Lipinski definition) is 2. The average molecular weight is 241 g/mol. The molecule has 0 saturated heterocycles. The van der Waals surface area contributed by atoms with Crippen LogP contribution in [0, 0.1) is 29.1 Å². The molecule has 16 heavy (non-hydrogen) atoms. The molecule has 2 N–H and O–H groups in total. The fourth-order valence-electron chi connectivity index (χ4n) is 0.924. The molecule has 0 radical (unpaired) electrons. The lowest BCUT2D eigenvalue weighted by Gasteiger charge is -2.08. The van der Waals surface area contributed by atoms with E-state index in [1.165, 1.54) is 0 Å². The molecule has 0 bridgehead atoms. The number of carbonyl (C=O) groups is 1. The van der Waals surface area contributed by atoms with Gasteiger partial charge in [0.05, 0.1) is 0 Å². The summed E-state index contributed by atoms with van der Waals surface area (Å²) in [5.41, 5.74) is -1.36. The Morgan fingerprint density at radius 1 is 0.938 bits per heavy atom. The standard InChI is InChI=1S/C8H4F5NO2/c9-3-4(10)6(12)8(7(13)5(3)11)14-1-2(15)16/h14H,1H2,(H,15,16). The zero-order valence-electron chi connectivity index (χ0n) is 7.45. The number of aliphatic carboxylic acids is 1. The van der Waals surface area contributed by atoms with Crippen molar-refractivity contribution in [2.45, 2.75) is 0 Å². The molecular formula is C8H4F5NO2. The van der Waals surface area contributed by atoms with Gasteiger partial charge in [-0.1, -0.05) is 0 Å². The van der Waals surface area contributed by atoms with Gasteiger partial charge >= 0.3 is 5.97 Å². The molecule has 1 rings (SSSR count). The number of rotatable bonds is 3. The zero-order valence-corrected chi connectivity index (χ0v) is 7.45. The van der Waals surface area contributed by atoms with Crippen molar-refractivity contribution in [1.29, 1.82) is 0 Å². The largest absolute Gasteiger partial charge is 0.480 e. The molecule has 0 atom stereocenters. The molecule has 0 aliphatic rings. The van der Waals surface area contributed by atoms with E-state index in [1.807, 2.05) is 0 Å². The van der Waals surface area contributed by atoms with Crippen molar-refractivity contribution < 1.29 is 31.9 Å². The SMILES string of the molecule is O=C(O)CNc1c(F)c(F)c(F)c(F)c1F. The first kappa shape index (κ1) is 12.2. The smallest absolute Gasteiger partial charge is 0.322 e. The summed E-state index contributed by atoms with van der Waals surface area (Å²) in [6, 6.07) is 0. The van der Waals surface area contributed by atoms with Crippen LogP contribution in [0.4, 0.5) is 27.6 Å². The Bertz CT molecular complexity index is 420. The number of hydrogen-bond acceptors (Lipinski definition) is 2. The quantitative estimate of drug-likeness (QED) is 0.482. The molecule has 88 valence electrons. The van der Waals surface area contributed by atoms with Crippen LogP contribution >= 0.6 is 0 Å². The summed E-state index contributed by atoms with van der Waals surface area (Å²) >= 11 is 0. The van der Waals surface area contributed by atoms with Crippen molar-refractivity contribution >= 4 is 11.7 Å². The molecule has 0 saturated carbocycles. The summed E-state index contributed by atoms with van der Waals surface area (Å²) in [6.45, 7) is -0.974. The molecule has 3 nitrogen and oxygen atoms in total. The minimum Gasteiger partial charge on any atom is -0.480 e. The van der Waals surface area contributed by atoms with Gasteiger partial charge in [-0.05, 0) is 0 Å². The molecule has 0 aliphatic carbocycles. The number of benzene rings is 1. The molecule has 0 aromatic heterocycles. The Morgan fingerprint density at radius 3 is 1.69 bits per heavy atom. The maximum Gasteiger partial charge on any atom is 0.322 e. The minimum absolute atomic E-state index is 0.974. The van der Waals surface area contributed by atoms with Gasteiger partial charge in [0, 0.05) is 0 Å². The highest BCUT2D eigenvalue weighted by Gasteiger charge is 2.25. The molecular weight excluding hydrogens is 237 g/mol. The Hall–Kier alpha value is -1.86. The highest BCUT2D eigenvalue weighted by molar-refractivity contribution is 5.72. The minimum atomic E-state index is -2.30. The van der Waals surface area contributed by atoms with Crippen LogP contribution in [0.25, 0.3) is 0 Å². The Labute approximate surface area is 85.5 Å². The van der Waals surface area contributed by atoms with Gasteiger partial charge in [0.1, 0.15) is 12.2 Å². The Morgan fingerprint density at radius 2 is 1.31 bits per heavy atom. The molecule has 0 spiro atoms. The van der Waals surface area contributed by atoms with Gasteiger partial charge in [0.15, 0.2) is 23.3 Å². The lowest BCUT2D eigenvalue weighted by Crippen LogP contribution is -2.16. The molecule has 0 amide bonds. The molecule has 0 heterocycles. The fraction of sp³-hybridized carbons (Fsp3) is 0.125. The maximum absolute atomic E-state index is 12.9. The van der Waals surface area contributed by atoms with E-state index < -0.39 is 47.3 Å². The van der Waals surface area contributed by atoms with Gasteiger partial charge in [0.2, 0.25) is 5.82 Å². The van der Waals surface area contributed by atoms with Gasteiger partial charge in [0.25, 0.3) is 0 Å². The van der Waals surface area contributed by atoms with E-state index in [0.717, 1.165) is 0 Å². The Balaban J connectivity index is 3.23. The van der Waals surface area contributed by atoms with Gasteiger partial charge < -0.3 is 10.4 Å². The van der Waals surface area contributed by atoms with Crippen LogP contribution in [0.3, 0.4) is 0 Å². The maximum atomic E-state index is 12.9. The molecule has 1 aromatic rings. The average Bonchev–Trinajstić information content (AvgIpc) is 2.23. The third-order valence-electron chi connectivity index (χ3n) is 1.63. The van der Waals surface area contributed by atoms with Crippen molar-refractivity contribution in [3.05, 3.63) is 29.1 Å². The summed E-state index contributed by atoms with van der Waals surface area (Å²) in [6.07, 6.45) is 0. The molecule has 0 fully saturated rings. The predicted molar refractivity (Wildman–Crippen MR) is 42.4 cm³/mol. The monoisotopic (exact) mass is 241 g/mol. The van der Waals surface area contributed by atoms with Crippen LogP contribution in [-0.4, -0.2) is 17.6 Å². The van der Waals surface area contributed by atoms with E-state index in [0.29, 0.717) is 0 Å². The Kier molecular flexibility index (Phi) is 3.31. The van der Waals surface area contributed by atoms with Crippen LogP contribution in [0.1, 0.15) is 0 Å². The number of carboxylic acids is 1. The highest BCUT2D eigenvalue weighted by atomic mass is 19.2. The zero-order chi connectivity index (χ0) is 12.5. The number of anilines is 1. The third-order valence-corrected chi connectivity index (χ3v) is 1.63. The fourth-order valence-corrected chi connectivity index (χ4v) is 0.924. The van der Waals surface area contributed by atoms with Crippen LogP contribution in [-0.2, 0) is 4.79 Å². The van der Waals surface area contributed by atoms with Crippen molar-refractivity contribution in [3.63, 3.8) is 0 Å². The second-order valence-electron chi connectivity index (χ2n) is 2.69. The van der Waals surface area contributed by atoms with Crippen LogP contribution < -0.4 is 5.32 Å². The van der Waals surface area contributed by atoms with Crippen LogP contribution in [0.15, 0.2) is 0 Å². The highest BCUT2D eigenvalue weighted by Crippen LogP contribution is 2.26. The first-order valence-electron chi connectivity index (χ1n) is 3.83. The van der Waals surface area contributed by atoms with Crippen molar-refractivity contribution in [1.82, 2.24) is 0 Å². The first-order chi connectivity index (χ1) is 7.36. The van der Waals surface area contributed by atoms with E-state index in [-0.39, 0.29) is 0 Å². The predicted octanol–water partition coefficient (Wildman–Crippen LogP) is 1.88. The summed E-state index contributed by atoms with van der Waals surface area (Å²) in [7, 11) is 0. The van der Waals surface area contributed by atoms with Gasteiger partial charge in [-0.15, -0.1) is 0 Å².